The first-order chi connectivity index (χ1) is 9.37. The van der Waals surface area contributed by atoms with Crippen LogP contribution in [-0.2, 0) is 16.0 Å². The van der Waals surface area contributed by atoms with E-state index in [2.05, 4.69) is 4.74 Å². The molecular formula is C13H15F3O4. The number of halogens is 3. The van der Waals surface area contributed by atoms with Crippen molar-refractivity contribution >= 4 is 5.97 Å². The van der Waals surface area contributed by atoms with Crippen molar-refractivity contribution in [3.8, 4) is 5.75 Å². The zero-order valence-corrected chi connectivity index (χ0v) is 10.7. The number of carboxylic acids is 1. The number of ether oxygens (including phenoxy) is 2. The zero-order valence-electron chi connectivity index (χ0n) is 10.7. The van der Waals surface area contributed by atoms with E-state index in [9.17, 15) is 18.0 Å². The lowest BCUT2D eigenvalue weighted by Crippen LogP contribution is -2.18. The average Bonchev–Trinajstić information content (AvgIpc) is 2.33. The van der Waals surface area contributed by atoms with Crippen molar-refractivity contribution in [2.45, 2.75) is 19.0 Å². The van der Waals surface area contributed by atoms with E-state index in [1.165, 1.54) is 0 Å². The molecule has 0 saturated carbocycles. The Bertz CT molecular complexity index is 415. The highest BCUT2D eigenvalue weighted by Crippen LogP contribution is 2.15. The van der Waals surface area contributed by atoms with Crippen LogP contribution in [0.5, 0.6) is 5.75 Å². The molecule has 0 saturated heterocycles. The van der Waals surface area contributed by atoms with Gasteiger partial charge in [-0.2, -0.15) is 13.2 Å². The monoisotopic (exact) mass is 292 g/mol. The molecule has 112 valence electrons. The molecule has 0 fully saturated rings. The summed E-state index contributed by atoms with van der Waals surface area (Å²) in [5, 5.41) is 8.59. The van der Waals surface area contributed by atoms with Crippen LogP contribution in [0.3, 0.4) is 0 Å². The molecule has 0 spiro atoms. The molecule has 1 aromatic rings. The summed E-state index contributed by atoms with van der Waals surface area (Å²) < 4.78 is 45.0. The molecule has 1 N–H and O–H groups in total. The second kappa shape index (κ2) is 7.74. The maximum absolute atomic E-state index is 11.8. The quantitative estimate of drug-likeness (QED) is 0.748. The van der Waals surface area contributed by atoms with Gasteiger partial charge in [-0.15, -0.1) is 0 Å². The molecule has 0 aliphatic heterocycles. The van der Waals surface area contributed by atoms with E-state index >= 15 is 0 Å². The number of hydrogen-bond donors (Lipinski definition) is 1. The van der Waals surface area contributed by atoms with Crippen LogP contribution in [0.15, 0.2) is 24.3 Å². The topological polar surface area (TPSA) is 55.8 Å². The minimum Gasteiger partial charge on any atom is -0.494 e. The van der Waals surface area contributed by atoms with Crippen LogP contribution in [0.4, 0.5) is 13.2 Å². The number of alkyl halides is 3. The van der Waals surface area contributed by atoms with Gasteiger partial charge in [0.1, 0.15) is 12.4 Å². The highest BCUT2D eigenvalue weighted by atomic mass is 19.4. The molecule has 0 aliphatic rings. The van der Waals surface area contributed by atoms with Crippen molar-refractivity contribution in [1.29, 1.82) is 0 Å². The lowest BCUT2D eigenvalue weighted by atomic mass is 10.1. The largest absolute Gasteiger partial charge is 0.494 e. The molecule has 0 aromatic heterocycles. The van der Waals surface area contributed by atoms with Crippen LogP contribution >= 0.6 is 0 Å². The van der Waals surface area contributed by atoms with Crippen LogP contribution in [0, 0.1) is 0 Å². The van der Waals surface area contributed by atoms with Crippen molar-refractivity contribution < 1.29 is 32.5 Å². The van der Waals surface area contributed by atoms with Gasteiger partial charge in [-0.3, -0.25) is 4.79 Å². The number of aliphatic carboxylic acids is 1. The zero-order chi connectivity index (χ0) is 15.0. The van der Waals surface area contributed by atoms with Gasteiger partial charge in [0.2, 0.25) is 0 Å². The lowest BCUT2D eigenvalue weighted by Gasteiger charge is -2.09. The SMILES string of the molecule is O=C(O)Cc1ccc(OCCCOCC(F)(F)F)cc1. The van der Waals surface area contributed by atoms with Gasteiger partial charge < -0.3 is 14.6 Å². The van der Waals surface area contributed by atoms with E-state index in [0.717, 1.165) is 0 Å². The summed E-state index contributed by atoms with van der Waals surface area (Å²) >= 11 is 0. The van der Waals surface area contributed by atoms with Crippen molar-refractivity contribution in [1.82, 2.24) is 0 Å². The first-order valence-corrected chi connectivity index (χ1v) is 5.95. The Kier molecular flexibility index (Phi) is 6.30. The van der Waals surface area contributed by atoms with E-state index in [0.29, 0.717) is 17.7 Å². The normalized spacial score (nSPS) is 11.3. The van der Waals surface area contributed by atoms with Crippen molar-refractivity contribution in [3.63, 3.8) is 0 Å². The molecule has 4 nitrogen and oxygen atoms in total. The summed E-state index contributed by atoms with van der Waals surface area (Å²) in [5.74, 6) is -0.379. The maximum atomic E-state index is 11.8. The van der Waals surface area contributed by atoms with Crippen LogP contribution in [0.1, 0.15) is 12.0 Å². The Morgan fingerprint density at radius 3 is 2.35 bits per heavy atom. The average molecular weight is 292 g/mol. The fourth-order valence-electron chi connectivity index (χ4n) is 1.42. The Balaban J connectivity index is 2.17. The molecule has 0 aliphatic carbocycles. The fourth-order valence-corrected chi connectivity index (χ4v) is 1.42. The van der Waals surface area contributed by atoms with Gasteiger partial charge in [-0.05, 0) is 17.7 Å². The molecular weight excluding hydrogens is 277 g/mol. The molecule has 0 heterocycles. The van der Waals surface area contributed by atoms with Crippen molar-refractivity contribution in [2.75, 3.05) is 19.8 Å². The number of carbonyl (C=O) groups is 1. The molecule has 0 bridgehead atoms. The highest BCUT2D eigenvalue weighted by molar-refractivity contribution is 5.70. The molecule has 20 heavy (non-hydrogen) atoms. The van der Waals surface area contributed by atoms with E-state index in [4.69, 9.17) is 9.84 Å². The molecule has 1 rings (SSSR count). The smallest absolute Gasteiger partial charge is 0.411 e. The molecule has 7 heteroatoms. The minimum atomic E-state index is -4.30. The van der Waals surface area contributed by atoms with Gasteiger partial charge in [-0.1, -0.05) is 12.1 Å². The predicted molar refractivity (Wildman–Crippen MR) is 64.8 cm³/mol. The summed E-state index contributed by atoms with van der Waals surface area (Å²) in [6, 6.07) is 6.50. The predicted octanol–water partition coefficient (Wildman–Crippen LogP) is 2.66. The lowest BCUT2D eigenvalue weighted by molar-refractivity contribution is -0.174. The Morgan fingerprint density at radius 2 is 1.80 bits per heavy atom. The number of carboxylic acid groups (broad SMARTS) is 1. The number of benzene rings is 1. The second-order valence-electron chi connectivity index (χ2n) is 4.08. The molecule has 0 atom stereocenters. The Labute approximate surface area is 114 Å². The molecule has 0 unspecified atom stereocenters. The van der Waals surface area contributed by atoms with Crippen molar-refractivity contribution in [3.05, 3.63) is 29.8 Å². The van der Waals surface area contributed by atoms with Gasteiger partial charge in [0, 0.05) is 6.42 Å². The summed E-state index contributed by atoms with van der Waals surface area (Å²) in [6.45, 7) is -1.05. The third-order valence-electron chi connectivity index (χ3n) is 2.25. The minimum absolute atomic E-state index is 0.0311. The molecule has 0 radical (unpaired) electrons. The summed E-state index contributed by atoms with van der Waals surface area (Å²) in [5.41, 5.74) is 0.651. The summed E-state index contributed by atoms with van der Waals surface area (Å²) in [7, 11) is 0. The Hall–Kier alpha value is -1.76. The third-order valence-corrected chi connectivity index (χ3v) is 2.25. The first-order valence-electron chi connectivity index (χ1n) is 5.95. The van der Waals surface area contributed by atoms with Crippen LogP contribution in [0.25, 0.3) is 0 Å². The molecule has 1 aromatic carbocycles. The van der Waals surface area contributed by atoms with Gasteiger partial charge in [0.15, 0.2) is 0 Å². The van der Waals surface area contributed by atoms with Gasteiger partial charge in [-0.25, -0.2) is 0 Å². The van der Waals surface area contributed by atoms with Crippen LogP contribution in [0.2, 0.25) is 0 Å². The van der Waals surface area contributed by atoms with Gasteiger partial charge in [0.25, 0.3) is 0 Å². The summed E-state index contributed by atoms with van der Waals surface area (Å²) in [4.78, 5) is 10.5. The standard InChI is InChI=1S/C13H15F3O4/c14-13(15,16)9-19-6-1-7-20-11-4-2-10(3-5-11)8-12(17)18/h2-5H,1,6-9H2,(H,17,18). The Morgan fingerprint density at radius 1 is 1.15 bits per heavy atom. The van der Waals surface area contributed by atoms with Gasteiger partial charge in [0.05, 0.1) is 19.6 Å². The molecule has 0 amide bonds. The van der Waals surface area contributed by atoms with Crippen LogP contribution in [-0.4, -0.2) is 37.1 Å². The summed E-state index contributed by atoms with van der Waals surface area (Å²) in [6.07, 6.45) is -4.03. The maximum Gasteiger partial charge on any atom is 0.411 e. The van der Waals surface area contributed by atoms with E-state index in [-0.39, 0.29) is 19.6 Å². The highest BCUT2D eigenvalue weighted by Gasteiger charge is 2.27. The van der Waals surface area contributed by atoms with Crippen molar-refractivity contribution in [2.24, 2.45) is 0 Å². The van der Waals surface area contributed by atoms with E-state index in [1.54, 1.807) is 24.3 Å². The second-order valence-corrected chi connectivity index (χ2v) is 4.08. The fraction of sp³-hybridized carbons (Fsp3) is 0.462. The number of hydrogen-bond acceptors (Lipinski definition) is 3. The third kappa shape index (κ3) is 7.63. The van der Waals surface area contributed by atoms with E-state index < -0.39 is 18.8 Å². The van der Waals surface area contributed by atoms with Gasteiger partial charge >= 0.3 is 12.1 Å². The van der Waals surface area contributed by atoms with E-state index in [1.807, 2.05) is 0 Å². The number of rotatable bonds is 8. The first kappa shape index (κ1) is 16.3. The van der Waals surface area contributed by atoms with Crippen LogP contribution < -0.4 is 4.74 Å².